The third-order valence-corrected chi connectivity index (χ3v) is 4.40. The number of amides is 1. The fourth-order valence-corrected chi connectivity index (χ4v) is 2.76. The minimum Gasteiger partial charge on any atom is -0.338 e. The Hall–Kier alpha value is -2.13. The number of rotatable bonds is 3. The highest BCUT2D eigenvalue weighted by Crippen LogP contribution is 2.31. The standard InChI is InChI=1S/C16H17F3N4O2.ClH/c1-15(8-20)6-7-23(9-15)13(24)11-4-2-10(3-5-11)12-21-14(25-22-12)16(17,18)19;/h2-5H,6-9,20H2,1H3;1H. The fourth-order valence-electron chi connectivity index (χ4n) is 2.76. The second-order valence-electron chi connectivity index (χ2n) is 6.49. The molecule has 1 atom stereocenters. The lowest BCUT2D eigenvalue weighted by Gasteiger charge is -2.22. The van der Waals surface area contributed by atoms with E-state index in [1.807, 2.05) is 6.92 Å². The van der Waals surface area contributed by atoms with Crippen LogP contribution in [0.2, 0.25) is 0 Å². The smallest absolute Gasteiger partial charge is 0.338 e. The van der Waals surface area contributed by atoms with Gasteiger partial charge in [0, 0.05) is 24.2 Å². The molecule has 2 N–H and O–H groups in total. The van der Waals surface area contributed by atoms with E-state index in [9.17, 15) is 18.0 Å². The normalized spacial score (nSPS) is 20.1. The van der Waals surface area contributed by atoms with Gasteiger partial charge in [0.15, 0.2) is 0 Å². The molecule has 1 aliphatic rings. The van der Waals surface area contributed by atoms with Gasteiger partial charge in [0.2, 0.25) is 5.82 Å². The first kappa shape index (κ1) is 20.2. The van der Waals surface area contributed by atoms with Crippen molar-refractivity contribution in [1.29, 1.82) is 0 Å². The summed E-state index contributed by atoms with van der Waals surface area (Å²) in [6, 6.07) is 6.08. The predicted molar refractivity (Wildman–Crippen MR) is 89.7 cm³/mol. The molecule has 2 heterocycles. The summed E-state index contributed by atoms with van der Waals surface area (Å²) in [5, 5.41) is 3.32. The Balaban J connectivity index is 0.00000243. The number of hydrogen-bond donors (Lipinski definition) is 1. The van der Waals surface area contributed by atoms with Crippen molar-refractivity contribution in [2.45, 2.75) is 19.5 Å². The van der Waals surface area contributed by atoms with Crippen molar-refractivity contribution in [3.63, 3.8) is 0 Å². The summed E-state index contributed by atoms with van der Waals surface area (Å²) < 4.78 is 41.7. The molecule has 0 radical (unpaired) electrons. The first-order valence-corrected chi connectivity index (χ1v) is 7.72. The highest BCUT2D eigenvalue weighted by Gasteiger charge is 2.38. The number of nitrogens with two attached hydrogens (primary N) is 1. The average Bonchev–Trinajstić information content (AvgIpc) is 3.22. The molecule has 1 aromatic carbocycles. The lowest BCUT2D eigenvalue weighted by atomic mass is 9.90. The van der Waals surface area contributed by atoms with Gasteiger partial charge in [-0.2, -0.15) is 18.2 Å². The van der Waals surface area contributed by atoms with Gasteiger partial charge in [0.1, 0.15) is 0 Å². The molecule has 0 aliphatic carbocycles. The van der Waals surface area contributed by atoms with E-state index in [4.69, 9.17) is 5.73 Å². The Morgan fingerprint density at radius 2 is 2.00 bits per heavy atom. The molecule has 2 aromatic rings. The lowest BCUT2D eigenvalue weighted by Crippen LogP contribution is -2.34. The first-order chi connectivity index (χ1) is 11.7. The van der Waals surface area contributed by atoms with Crippen LogP contribution >= 0.6 is 12.4 Å². The molecule has 0 bridgehead atoms. The number of hydrogen-bond acceptors (Lipinski definition) is 5. The summed E-state index contributed by atoms with van der Waals surface area (Å²) in [5.41, 5.74) is 6.46. The molecule has 6 nitrogen and oxygen atoms in total. The maximum absolute atomic E-state index is 12.5. The van der Waals surface area contributed by atoms with E-state index in [0.29, 0.717) is 30.8 Å². The second kappa shape index (κ2) is 7.24. The molecule has 142 valence electrons. The zero-order chi connectivity index (χ0) is 18.2. The molecule has 1 saturated heterocycles. The number of halogens is 4. The van der Waals surface area contributed by atoms with Crippen molar-refractivity contribution in [3.8, 4) is 11.4 Å². The zero-order valence-electron chi connectivity index (χ0n) is 13.9. The van der Waals surface area contributed by atoms with Crippen LogP contribution in [-0.2, 0) is 6.18 Å². The molecule has 26 heavy (non-hydrogen) atoms. The Kier molecular flexibility index (Phi) is 5.62. The second-order valence-corrected chi connectivity index (χ2v) is 6.49. The third-order valence-electron chi connectivity index (χ3n) is 4.40. The summed E-state index contributed by atoms with van der Waals surface area (Å²) in [5.74, 6) is -1.71. The van der Waals surface area contributed by atoms with Crippen LogP contribution in [0.25, 0.3) is 11.4 Å². The summed E-state index contributed by atoms with van der Waals surface area (Å²) >= 11 is 0. The van der Waals surface area contributed by atoms with Crippen LogP contribution in [0.5, 0.6) is 0 Å². The summed E-state index contributed by atoms with van der Waals surface area (Å²) in [6.45, 7) is 3.77. The van der Waals surface area contributed by atoms with Crippen molar-refractivity contribution in [1.82, 2.24) is 15.0 Å². The maximum atomic E-state index is 12.5. The van der Waals surface area contributed by atoms with Crippen molar-refractivity contribution >= 4 is 18.3 Å². The number of nitrogens with zero attached hydrogens (tertiary/aromatic N) is 3. The topological polar surface area (TPSA) is 85.2 Å². The van der Waals surface area contributed by atoms with E-state index in [1.54, 1.807) is 17.0 Å². The van der Waals surface area contributed by atoms with E-state index in [-0.39, 0.29) is 29.6 Å². The third kappa shape index (κ3) is 3.99. The molecule has 1 aliphatic heterocycles. The molecule has 1 unspecified atom stereocenters. The molecule has 10 heteroatoms. The summed E-state index contributed by atoms with van der Waals surface area (Å²) in [7, 11) is 0. The minimum absolute atomic E-state index is 0. The molecular weight excluding hydrogens is 373 g/mol. The Bertz CT molecular complexity index is 779. The van der Waals surface area contributed by atoms with E-state index < -0.39 is 12.1 Å². The van der Waals surface area contributed by atoms with Crippen LogP contribution in [0.3, 0.4) is 0 Å². The molecular formula is C16H18ClF3N4O2. The Morgan fingerprint density at radius 1 is 1.35 bits per heavy atom. The van der Waals surface area contributed by atoms with Gasteiger partial charge in [-0.15, -0.1) is 12.4 Å². The van der Waals surface area contributed by atoms with Gasteiger partial charge >= 0.3 is 12.1 Å². The van der Waals surface area contributed by atoms with E-state index in [1.165, 1.54) is 12.1 Å². The van der Waals surface area contributed by atoms with Gasteiger partial charge in [0.05, 0.1) is 0 Å². The minimum atomic E-state index is -4.69. The van der Waals surface area contributed by atoms with Crippen LogP contribution in [0, 0.1) is 5.41 Å². The molecule has 1 amide bonds. The van der Waals surface area contributed by atoms with Gasteiger partial charge in [-0.1, -0.05) is 24.2 Å². The number of benzene rings is 1. The van der Waals surface area contributed by atoms with E-state index in [2.05, 4.69) is 14.7 Å². The Morgan fingerprint density at radius 3 is 2.50 bits per heavy atom. The van der Waals surface area contributed by atoms with E-state index >= 15 is 0 Å². The fraction of sp³-hybridized carbons (Fsp3) is 0.438. The number of carbonyl (C=O) groups is 1. The van der Waals surface area contributed by atoms with Crippen molar-refractivity contribution in [3.05, 3.63) is 35.7 Å². The number of aromatic nitrogens is 2. The molecule has 3 rings (SSSR count). The number of likely N-dealkylation sites (tertiary alicyclic amines) is 1. The highest BCUT2D eigenvalue weighted by atomic mass is 35.5. The van der Waals surface area contributed by atoms with E-state index in [0.717, 1.165) is 6.42 Å². The van der Waals surface area contributed by atoms with Gasteiger partial charge < -0.3 is 15.2 Å². The van der Waals surface area contributed by atoms with Crippen LogP contribution < -0.4 is 5.73 Å². The zero-order valence-corrected chi connectivity index (χ0v) is 14.7. The van der Waals surface area contributed by atoms with Gasteiger partial charge in [-0.25, -0.2) is 0 Å². The quantitative estimate of drug-likeness (QED) is 0.870. The van der Waals surface area contributed by atoms with Gasteiger partial charge in [-0.05, 0) is 30.5 Å². The van der Waals surface area contributed by atoms with Crippen LogP contribution in [-0.4, -0.2) is 40.6 Å². The van der Waals surface area contributed by atoms with Crippen LogP contribution in [0.15, 0.2) is 28.8 Å². The summed E-state index contributed by atoms with van der Waals surface area (Å²) in [6.07, 6.45) is -3.84. The molecule has 1 fully saturated rings. The highest BCUT2D eigenvalue weighted by molar-refractivity contribution is 5.94. The van der Waals surface area contributed by atoms with Crippen LogP contribution in [0.1, 0.15) is 29.6 Å². The SMILES string of the molecule is CC1(CN)CCN(C(=O)c2ccc(-c3noc(C(F)(F)F)n3)cc2)C1.Cl. The predicted octanol–water partition coefficient (Wildman–Crippen LogP) is 2.99. The average molecular weight is 391 g/mol. The van der Waals surface area contributed by atoms with Crippen molar-refractivity contribution < 1.29 is 22.5 Å². The lowest BCUT2D eigenvalue weighted by molar-refractivity contribution is -0.159. The number of alkyl halides is 3. The Labute approximate surface area is 153 Å². The maximum Gasteiger partial charge on any atom is 0.471 e. The van der Waals surface area contributed by atoms with Crippen molar-refractivity contribution in [2.75, 3.05) is 19.6 Å². The molecule has 0 saturated carbocycles. The largest absolute Gasteiger partial charge is 0.471 e. The molecule has 1 aromatic heterocycles. The monoisotopic (exact) mass is 390 g/mol. The molecule has 0 spiro atoms. The summed E-state index contributed by atoms with van der Waals surface area (Å²) in [4.78, 5) is 17.6. The first-order valence-electron chi connectivity index (χ1n) is 7.72. The van der Waals surface area contributed by atoms with Gasteiger partial charge in [0.25, 0.3) is 5.91 Å². The van der Waals surface area contributed by atoms with Crippen molar-refractivity contribution in [2.24, 2.45) is 11.1 Å². The van der Waals surface area contributed by atoms with Crippen LogP contribution in [0.4, 0.5) is 13.2 Å². The number of carbonyl (C=O) groups excluding carboxylic acids is 1. The van der Waals surface area contributed by atoms with Gasteiger partial charge in [-0.3, -0.25) is 4.79 Å².